The van der Waals surface area contributed by atoms with E-state index in [2.05, 4.69) is 10.5 Å². The lowest BCUT2D eigenvalue weighted by Crippen LogP contribution is -2.20. The second-order valence-corrected chi connectivity index (χ2v) is 6.10. The molecule has 1 amide bonds. The van der Waals surface area contributed by atoms with Crippen molar-refractivity contribution >= 4 is 29.4 Å². The van der Waals surface area contributed by atoms with E-state index < -0.39 is 22.5 Å². The Labute approximate surface area is 168 Å². The highest BCUT2D eigenvalue weighted by Crippen LogP contribution is 2.25. The summed E-state index contributed by atoms with van der Waals surface area (Å²) < 4.78 is 36.7. The molecule has 1 aromatic heterocycles. The first kappa shape index (κ1) is 20.6. The monoisotopic (exact) mass is 415 g/mol. The van der Waals surface area contributed by atoms with Crippen molar-refractivity contribution in [2.45, 2.75) is 6.92 Å². The summed E-state index contributed by atoms with van der Waals surface area (Å²) in [7, 11) is 0. The molecule has 30 heavy (non-hydrogen) atoms. The van der Waals surface area contributed by atoms with Crippen LogP contribution in [0.4, 0.5) is 20.2 Å². The number of hydrogen-bond donors (Lipinski definition) is 1. The molecule has 3 rings (SSSR count). The van der Waals surface area contributed by atoms with Gasteiger partial charge in [-0.15, -0.1) is 0 Å². The Balaban J connectivity index is 1.57. The summed E-state index contributed by atoms with van der Waals surface area (Å²) in [5.74, 6) is -1.84. The van der Waals surface area contributed by atoms with Gasteiger partial charge in [0.1, 0.15) is 17.4 Å². The number of ether oxygens (including phenoxy) is 1. The molecule has 0 unspecified atom stereocenters. The smallest absolute Gasteiger partial charge is 0.338 e. The minimum absolute atomic E-state index is 0.0301. The van der Waals surface area contributed by atoms with Gasteiger partial charge in [-0.05, 0) is 42.8 Å². The maximum Gasteiger partial charge on any atom is 0.338 e. The average molecular weight is 415 g/mol. The summed E-state index contributed by atoms with van der Waals surface area (Å²) in [5.41, 5.74) is 0.530. The molecule has 0 radical (unpaired) electrons. The molecular formula is C20H15F2N3O5. The molecule has 3 aromatic rings. The van der Waals surface area contributed by atoms with Gasteiger partial charge >= 0.3 is 5.69 Å². The molecule has 0 saturated carbocycles. The van der Waals surface area contributed by atoms with E-state index >= 15 is 0 Å². The summed E-state index contributed by atoms with van der Waals surface area (Å²) in [4.78, 5) is 22.3. The Hall–Kier alpha value is -4.08. The maximum absolute atomic E-state index is 13.5. The summed E-state index contributed by atoms with van der Waals surface area (Å²) in [6.07, 6.45) is 3.03. The van der Waals surface area contributed by atoms with Gasteiger partial charge in [-0.25, -0.2) is 8.78 Å². The number of aryl methyl sites for hydroxylation is 1. The van der Waals surface area contributed by atoms with E-state index in [-0.39, 0.29) is 29.4 Å². The largest absolute Gasteiger partial charge is 0.484 e. The number of aromatic nitrogens is 1. The molecule has 0 spiro atoms. The van der Waals surface area contributed by atoms with Crippen LogP contribution in [0.2, 0.25) is 0 Å². The molecule has 0 fully saturated rings. The zero-order chi connectivity index (χ0) is 21.7. The summed E-state index contributed by atoms with van der Waals surface area (Å²) in [6, 6.07) is 9.32. The Morgan fingerprint density at radius 2 is 1.97 bits per heavy atom. The fraction of sp³-hybridized carbons (Fsp3) is 0.100. The highest BCUT2D eigenvalue weighted by molar-refractivity contribution is 5.92. The number of amides is 1. The van der Waals surface area contributed by atoms with Crippen molar-refractivity contribution in [3.63, 3.8) is 0 Å². The molecule has 154 valence electrons. The van der Waals surface area contributed by atoms with Gasteiger partial charge in [-0.2, -0.15) is 0 Å². The van der Waals surface area contributed by atoms with Gasteiger partial charge in [0.05, 0.1) is 10.6 Å². The lowest BCUT2D eigenvalue weighted by molar-refractivity contribution is -0.386. The van der Waals surface area contributed by atoms with E-state index in [9.17, 15) is 23.7 Å². The third-order valence-corrected chi connectivity index (χ3v) is 3.92. The van der Waals surface area contributed by atoms with Crippen LogP contribution in [-0.4, -0.2) is 22.6 Å². The quantitative estimate of drug-likeness (QED) is 0.454. The number of rotatable bonds is 7. The number of hydrogen-bond acceptors (Lipinski definition) is 6. The van der Waals surface area contributed by atoms with Gasteiger partial charge < -0.3 is 14.6 Å². The van der Waals surface area contributed by atoms with E-state index in [1.807, 2.05) is 0 Å². The number of benzene rings is 2. The van der Waals surface area contributed by atoms with Crippen LogP contribution >= 0.6 is 0 Å². The number of carbonyl (C=O) groups is 1. The average Bonchev–Trinajstić information content (AvgIpc) is 3.08. The fourth-order valence-electron chi connectivity index (χ4n) is 2.49. The van der Waals surface area contributed by atoms with E-state index in [0.29, 0.717) is 17.4 Å². The predicted octanol–water partition coefficient (Wildman–Crippen LogP) is 4.36. The molecule has 0 aliphatic rings. The molecule has 2 aromatic carbocycles. The first-order valence-electron chi connectivity index (χ1n) is 8.60. The van der Waals surface area contributed by atoms with Crippen LogP contribution in [0.3, 0.4) is 0 Å². The molecule has 0 atom stereocenters. The summed E-state index contributed by atoms with van der Waals surface area (Å²) in [5, 5.41) is 16.9. The Kier molecular flexibility index (Phi) is 6.16. The highest BCUT2D eigenvalue weighted by atomic mass is 19.1. The number of nitrogens with zero attached hydrogens (tertiary/aromatic N) is 2. The number of anilines is 1. The normalized spacial score (nSPS) is 10.9. The van der Waals surface area contributed by atoms with Crippen molar-refractivity contribution < 1.29 is 27.8 Å². The van der Waals surface area contributed by atoms with Crippen molar-refractivity contribution in [3.8, 4) is 5.75 Å². The topological polar surface area (TPSA) is 108 Å². The summed E-state index contributed by atoms with van der Waals surface area (Å²) in [6.45, 7) is 1.10. The van der Waals surface area contributed by atoms with Crippen LogP contribution < -0.4 is 10.1 Å². The predicted molar refractivity (Wildman–Crippen MR) is 104 cm³/mol. The van der Waals surface area contributed by atoms with Crippen molar-refractivity contribution in [3.05, 3.63) is 81.2 Å². The number of nitro groups is 1. The Morgan fingerprint density at radius 3 is 2.63 bits per heavy atom. The Morgan fingerprint density at radius 1 is 1.23 bits per heavy atom. The molecule has 1 N–H and O–H groups in total. The van der Waals surface area contributed by atoms with Gasteiger partial charge in [-0.1, -0.05) is 23.4 Å². The van der Waals surface area contributed by atoms with E-state index in [4.69, 9.17) is 9.26 Å². The lowest BCUT2D eigenvalue weighted by Gasteiger charge is -2.08. The molecular weight excluding hydrogens is 400 g/mol. The third-order valence-electron chi connectivity index (χ3n) is 3.92. The number of nitrogens with one attached hydrogen (secondary N) is 1. The molecule has 0 aliphatic carbocycles. The minimum Gasteiger partial charge on any atom is -0.484 e. The van der Waals surface area contributed by atoms with E-state index in [1.165, 1.54) is 13.0 Å². The first-order chi connectivity index (χ1) is 14.3. The molecule has 10 heteroatoms. The molecule has 8 nitrogen and oxygen atoms in total. The van der Waals surface area contributed by atoms with Crippen LogP contribution in [0, 0.1) is 28.7 Å². The highest BCUT2D eigenvalue weighted by Gasteiger charge is 2.21. The molecule has 0 bridgehead atoms. The summed E-state index contributed by atoms with van der Waals surface area (Å²) >= 11 is 0. The fourth-order valence-corrected chi connectivity index (χ4v) is 2.49. The maximum atomic E-state index is 13.5. The standard InChI is InChI=1S/C20H15F2N3O5/c1-12-20(25(27)28)18(30-24-12)9-4-13-2-6-15(7-3-13)29-11-19(26)23-17-8-5-14(21)10-16(17)22/h2-10H,11H2,1H3,(H,23,26). The van der Waals surface area contributed by atoms with Crippen molar-refractivity contribution in [1.82, 2.24) is 5.16 Å². The number of carbonyl (C=O) groups excluding carboxylic acids is 1. The van der Waals surface area contributed by atoms with Crippen LogP contribution in [0.25, 0.3) is 12.2 Å². The van der Waals surface area contributed by atoms with Crippen LogP contribution in [0.15, 0.2) is 47.0 Å². The van der Waals surface area contributed by atoms with Gasteiger partial charge in [0, 0.05) is 6.07 Å². The van der Waals surface area contributed by atoms with Gasteiger partial charge in [-0.3, -0.25) is 14.9 Å². The number of halogens is 2. The van der Waals surface area contributed by atoms with E-state index in [1.54, 1.807) is 30.3 Å². The SMILES string of the molecule is Cc1noc(C=Cc2ccc(OCC(=O)Nc3ccc(F)cc3F)cc2)c1[N+](=O)[O-]. The Bertz CT molecular complexity index is 1110. The van der Waals surface area contributed by atoms with Crippen molar-refractivity contribution in [2.75, 3.05) is 11.9 Å². The van der Waals surface area contributed by atoms with Gasteiger partial charge in [0.15, 0.2) is 12.3 Å². The minimum atomic E-state index is -0.887. The van der Waals surface area contributed by atoms with Crippen molar-refractivity contribution in [2.24, 2.45) is 0 Å². The molecule has 0 aliphatic heterocycles. The van der Waals surface area contributed by atoms with Gasteiger partial charge in [0.25, 0.3) is 5.91 Å². The second kappa shape index (κ2) is 8.95. The third kappa shape index (κ3) is 5.04. The van der Waals surface area contributed by atoms with Crippen molar-refractivity contribution in [1.29, 1.82) is 0 Å². The second-order valence-electron chi connectivity index (χ2n) is 6.10. The zero-order valence-electron chi connectivity index (χ0n) is 15.6. The van der Waals surface area contributed by atoms with E-state index in [0.717, 1.165) is 12.1 Å². The van der Waals surface area contributed by atoms with Crippen LogP contribution in [-0.2, 0) is 4.79 Å². The van der Waals surface area contributed by atoms with Gasteiger partial charge in [0.2, 0.25) is 5.76 Å². The molecule has 0 saturated heterocycles. The zero-order valence-corrected chi connectivity index (χ0v) is 15.6. The first-order valence-corrected chi connectivity index (χ1v) is 8.60. The molecule has 1 heterocycles. The lowest BCUT2D eigenvalue weighted by atomic mass is 10.2. The van der Waals surface area contributed by atoms with Crippen LogP contribution in [0.1, 0.15) is 17.0 Å². The van der Waals surface area contributed by atoms with Crippen LogP contribution in [0.5, 0.6) is 5.75 Å².